The Morgan fingerprint density at radius 2 is 1.97 bits per heavy atom. The van der Waals surface area contributed by atoms with Gasteiger partial charge >= 0.3 is 0 Å². The smallest absolute Gasteiger partial charge is 0.249 e. The Morgan fingerprint density at radius 1 is 1.21 bits per heavy atom. The summed E-state index contributed by atoms with van der Waals surface area (Å²) in [4.78, 5) is 23.9. The summed E-state index contributed by atoms with van der Waals surface area (Å²) in [6.07, 6.45) is 6.12. The monoisotopic (exact) mass is 433 g/mol. The maximum atomic E-state index is 12.0. The van der Waals surface area contributed by atoms with E-state index >= 15 is 0 Å². The zero-order chi connectivity index (χ0) is 21.2. The van der Waals surface area contributed by atoms with Crippen molar-refractivity contribution in [2.45, 2.75) is 6.42 Å². The first-order valence-electron chi connectivity index (χ1n) is 8.25. The van der Waals surface area contributed by atoms with Gasteiger partial charge in [0.25, 0.3) is 0 Å². The lowest BCUT2D eigenvalue weighted by molar-refractivity contribution is -0.126. The van der Waals surface area contributed by atoms with Gasteiger partial charge in [0.2, 0.25) is 11.8 Å². The molecule has 0 unspecified atom stereocenters. The highest BCUT2D eigenvalue weighted by molar-refractivity contribution is 6.44. The number of anilines is 1. The Balaban J connectivity index is 1.97. The number of benzene rings is 2. The van der Waals surface area contributed by atoms with Crippen LogP contribution in [0, 0.1) is 12.3 Å². The van der Waals surface area contributed by atoms with E-state index < -0.39 is 18.2 Å². The maximum absolute atomic E-state index is 12.0. The first-order valence-corrected chi connectivity index (χ1v) is 9.01. The number of hydrogen-bond donors (Lipinski definition) is 2. The average molecular weight is 434 g/mol. The van der Waals surface area contributed by atoms with Crippen LogP contribution in [0.5, 0.6) is 11.5 Å². The summed E-state index contributed by atoms with van der Waals surface area (Å²) >= 11 is 11.9. The van der Waals surface area contributed by atoms with E-state index in [0.717, 1.165) is 0 Å². The molecule has 0 saturated carbocycles. The first kappa shape index (κ1) is 22.1. The summed E-state index contributed by atoms with van der Waals surface area (Å²) in [5.41, 5.74) is 3.12. The van der Waals surface area contributed by atoms with Crippen molar-refractivity contribution in [3.63, 3.8) is 0 Å². The van der Waals surface area contributed by atoms with Crippen molar-refractivity contribution < 1.29 is 19.1 Å². The second-order valence-electron chi connectivity index (χ2n) is 5.49. The molecule has 0 aliphatic carbocycles. The molecule has 0 aliphatic rings. The third kappa shape index (κ3) is 6.42. The zero-order valence-corrected chi connectivity index (χ0v) is 16.9. The van der Waals surface area contributed by atoms with Crippen LogP contribution in [-0.4, -0.2) is 31.7 Å². The van der Waals surface area contributed by atoms with Crippen LogP contribution in [-0.2, 0) is 9.59 Å². The second kappa shape index (κ2) is 11.0. The third-order valence-corrected chi connectivity index (χ3v) is 4.29. The van der Waals surface area contributed by atoms with Gasteiger partial charge in [0.05, 0.1) is 29.1 Å². The molecule has 9 heteroatoms. The van der Waals surface area contributed by atoms with E-state index in [9.17, 15) is 9.59 Å². The fourth-order valence-corrected chi connectivity index (χ4v) is 2.57. The van der Waals surface area contributed by atoms with Crippen LogP contribution in [0.25, 0.3) is 0 Å². The average Bonchev–Trinajstić information content (AvgIpc) is 2.70. The minimum atomic E-state index is -0.620. The van der Waals surface area contributed by atoms with Gasteiger partial charge in [-0.2, -0.15) is 5.10 Å². The van der Waals surface area contributed by atoms with E-state index in [1.165, 1.54) is 13.3 Å². The molecule has 0 spiro atoms. The molecule has 150 valence electrons. The largest absolute Gasteiger partial charge is 0.493 e. The molecule has 2 aromatic carbocycles. The predicted molar refractivity (Wildman–Crippen MR) is 113 cm³/mol. The number of amides is 2. The molecule has 0 aromatic heterocycles. The molecule has 0 heterocycles. The molecule has 7 nitrogen and oxygen atoms in total. The van der Waals surface area contributed by atoms with Gasteiger partial charge in [-0.15, -0.1) is 6.42 Å². The fraction of sp³-hybridized carbons (Fsp3) is 0.150. The van der Waals surface area contributed by atoms with Crippen LogP contribution in [0.4, 0.5) is 5.69 Å². The molecular weight excluding hydrogens is 417 g/mol. The lowest BCUT2D eigenvalue weighted by Crippen LogP contribution is -2.24. The van der Waals surface area contributed by atoms with Gasteiger partial charge in [0.1, 0.15) is 13.0 Å². The number of para-hydroxylation sites is 1. The number of ether oxygens (including phenoxy) is 2. The molecular formula is C20H17Cl2N3O4. The van der Waals surface area contributed by atoms with Gasteiger partial charge in [-0.05, 0) is 24.3 Å². The lowest BCUT2D eigenvalue weighted by Gasteiger charge is -2.11. The molecule has 0 fully saturated rings. The van der Waals surface area contributed by atoms with Gasteiger partial charge in [0.15, 0.2) is 11.5 Å². The van der Waals surface area contributed by atoms with E-state index in [4.69, 9.17) is 39.1 Å². The van der Waals surface area contributed by atoms with Gasteiger partial charge < -0.3 is 14.8 Å². The van der Waals surface area contributed by atoms with Crippen molar-refractivity contribution in [1.82, 2.24) is 5.43 Å². The van der Waals surface area contributed by atoms with Crippen molar-refractivity contribution in [2.24, 2.45) is 5.10 Å². The molecule has 2 N–H and O–H groups in total. The highest BCUT2D eigenvalue weighted by Crippen LogP contribution is 2.30. The standard InChI is InChI=1S/C20H17Cl2N3O4/c1-3-10-29-20-13(6-4-9-16(20)28-2)12-23-25-18(27)11-17(26)24-15-8-5-7-14(21)19(15)22/h1,4-9,12H,10-11H2,2H3,(H,24,26)(H,25,27). The minimum Gasteiger partial charge on any atom is -0.493 e. The number of nitrogens with one attached hydrogen (secondary N) is 2. The SMILES string of the molecule is C#CCOc1c(C=NNC(=O)CC(=O)Nc2cccc(Cl)c2Cl)cccc1OC. The van der Waals surface area contributed by atoms with E-state index in [2.05, 4.69) is 21.8 Å². The fourth-order valence-electron chi connectivity index (χ4n) is 2.22. The van der Waals surface area contributed by atoms with Crippen LogP contribution in [0.15, 0.2) is 41.5 Å². The lowest BCUT2D eigenvalue weighted by atomic mass is 10.2. The zero-order valence-electron chi connectivity index (χ0n) is 15.4. The summed E-state index contributed by atoms with van der Waals surface area (Å²) < 4.78 is 10.7. The number of nitrogens with zero attached hydrogens (tertiary/aromatic N) is 1. The van der Waals surface area contributed by atoms with Crippen molar-refractivity contribution in [3.8, 4) is 23.8 Å². The molecule has 2 rings (SSSR count). The second-order valence-corrected chi connectivity index (χ2v) is 6.28. The number of rotatable bonds is 8. The quantitative estimate of drug-likeness (QED) is 0.288. The molecule has 0 aliphatic heterocycles. The van der Waals surface area contributed by atoms with Crippen LogP contribution in [0.1, 0.15) is 12.0 Å². The van der Waals surface area contributed by atoms with Crippen LogP contribution in [0.3, 0.4) is 0 Å². The molecule has 0 radical (unpaired) electrons. The molecule has 2 amide bonds. The van der Waals surface area contributed by atoms with Gasteiger partial charge in [-0.3, -0.25) is 9.59 Å². The summed E-state index contributed by atoms with van der Waals surface area (Å²) in [6, 6.07) is 9.92. The van der Waals surface area contributed by atoms with Gasteiger partial charge in [0, 0.05) is 5.56 Å². The van der Waals surface area contributed by atoms with Crippen molar-refractivity contribution in [1.29, 1.82) is 0 Å². The first-order chi connectivity index (χ1) is 14.0. The van der Waals surface area contributed by atoms with Crippen LogP contribution < -0.4 is 20.2 Å². The number of hydrazone groups is 1. The van der Waals surface area contributed by atoms with Gasteiger partial charge in [-0.1, -0.05) is 41.3 Å². The third-order valence-electron chi connectivity index (χ3n) is 3.47. The minimum absolute atomic E-state index is 0.0415. The van der Waals surface area contributed by atoms with Crippen LogP contribution >= 0.6 is 23.2 Å². The molecule has 0 bridgehead atoms. The van der Waals surface area contributed by atoms with E-state index in [1.54, 1.807) is 36.4 Å². The molecule has 2 aromatic rings. The summed E-state index contributed by atoms with van der Waals surface area (Å²) in [5, 5.41) is 6.84. The number of carbonyl (C=O) groups is 2. The number of methoxy groups -OCH3 is 1. The Hall–Kier alpha value is -3.21. The Morgan fingerprint density at radius 3 is 2.69 bits per heavy atom. The van der Waals surface area contributed by atoms with E-state index in [0.29, 0.717) is 27.8 Å². The highest BCUT2D eigenvalue weighted by Gasteiger charge is 2.13. The Bertz CT molecular complexity index is 971. The highest BCUT2D eigenvalue weighted by atomic mass is 35.5. The summed E-state index contributed by atoms with van der Waals surface area (Å²) in [7, 11) is 1.49. The number of halogens is 2. The number of carbonyl (C=O) groups excluding carboxylic acids is 2. The molecule has 0 saturated heterocycles. The van der Waals surface area contributed by atoms with Crippen molar-refractivity contribution in [2.75, 3.05) is 19.0 Å². The molecule has 0 atom stereocenters. The topological polar surface area (TPSA) is 89.0 Å². The number of terminal acetylenes is 1. The van der Waals surface area contributed by atoms with E-state index in [-0.39, 0.29) is 11.6 Å². The summed E-state index contributed by atoms with van der Waals surface area (Å²) in [5.74, 6) is 2.03. The molecule has 29 heavy (non-hydrogen) atoms. The Labute approximate surface area is 178 Å². The van der Waals surface area contributed by atoms with Crippen molar-refractivity contribution >= 4 is 46.9 Å². The summed E-state index contributed by atoms with van der Waals surface area (Å²) in [6.45, 7) is 0.0415. The number of hydrogen-bond acceptors (Lipinski definition) is 5. The van der Waals surface area contributed by atoms with Gasteiger partial charge in [-0.25, -0.2) is 5.43 Å². The van der Waals surface area contributed by atoms with E-state index in [1.807, 2.05) is 0 Å². The maximum Gasteiger partial charge on any atom is 0.249 e. The predicted octanol–water partition coefficient (Wildman–Crippen LogP) is 3.49. The van der Waals surface area contributed by atoms with Crippen LogP contribution in [0.2, 0.25) is 10.0 Å². The Kier molecular flexibility index (Phi) is 8.34. The normalized spacial score (nSPS) is 10.3. The van der Waals surface area contributed by atoms with Crippen molar-refractivity contribution in [3.05, 3.63) is 52.0 Å².